The van der Waals surface area contributed by atoms with Crippen LogP contribution in [0.15, 0.2) is 37.5 Å². The van der Waals surface area contributed by atoms with Gasteiger partial charge < -0.3 is 0 Å². The van der Waals surface area contributed by atoms with E-state index >= 15 is 0 Å². The second-order valence-electron chi connectivity index (χ2n) is 7.47. The molecule has 0 amide bonds. The second kappa shape index (κ2) is 29.0. The predicted molar refractivity (Wildman–Crippen MR) is 124 cm³/mol. The Balaban J connectivity index is 0. The molecule has 0 aromatic heterocycles. The van der Waals surface area contributed by atoms with Gasteiger partial charge in [0.05, 0.1) is 0 Å². The summed E-state index contributed by atoms with van der Waals surface area (Å²) in [4.78, 5) is 0. The fourth-order valence-electron chi connectivity index (χ4n) is 3.07. The Morgan fingerprint density at radius 1 is 0.538 bits per heavy atom. The van der Waals surface area contributed by atoms with E-state index in [0.29, 0.717) is 0 Å². The van der Waals surface area contributed by atoms with Crippen molar-refractivity contribution in [3.63, 3.8) is 0 Å². The summed E-state index contributed by atoms with van der Waals surface area (Å²) in [7, 11) is 0. The van der Waals surface area contributed by atoms with Crippen molar-refractivity contribution < 1.29 is 0 Å². The van der Waals surface area contributed by atoms with Gasteiger partial charge in [0.15, 0.2) is 0 Å². The molecule has 0 saturated heterocycles. The molecule has 0 aliphatic heterocycles. The molecule has 0 aliphatic carbocycles. The Kier molecular flexibility index (Phi) is 30.6. The summed E-state index contributed by atoms with van der Waals surface area (Å²) >= 11 is 0. The van der Waals surface area contributed by atoms with Crippen LogP contribution in [-0.2, 0) is 0 Å². The molecule has 0 fully saturated rings. The SMILES string of the molecule is C=CCC=CC.C=CCCCCCCCCCCCCCCCCCC. The van der Waals surface area contributed by atoms with Crippen LogP contribution in [0.1, 0.15) is 129 Å². The molecule has 26 heavy (non-hydrogen) atoms. The molecule has 0 N–H and O–H groups in total. The standard InChI is InChI=1S/C20H40.C6H10/c1-3-5-7-9-11-13-15-17-19-20-18-16-14-12-10-8-6-4-2;1-3-5-6-4-2/h3H,1,4-20H2,2H3;3-4,6H,1,5H2,2H3. The van der Waals surface area contributed by atoms with Gasteiger partial charge in [-0.15, -0.1) is 13.2 Å². The van der Waals surface area contributed by atoms with Crippen molar-refractivity contribution in [2.75, 3.05) is 0 Å². The summed E-state index contributed by atoms with van der Waals surface area (Å²) in [6.45, 7) is 11.6. The number of hydrogen-bond acceptors (Lipinski definition) is 0. The van der Waals surface area contributed by atoms with E-state index in [9.17, 15) is 0 Å². The predicted octanol–water partition coefficient (Wildman–Crippen LogP) is 9.96. The maximum Gasteiger partial charge on any atom is -0.0172 e. The summed E-state index contributed by atoms with van der Waals surface area (Å²) < 4.78 is 0. The fourth-order valence-corrected chi connectivity index (χ4v) is 3.07. The summed E-state index contributed by atoms with van der Waals surface area (Å²) in [5.74, 6) is 0. The molecule has 0 atom stereocenters. The van der Waals surface area contributed by atoms with Gasteiger partial charge in [0.2, 0.25) is 0 Å². The van der Waals surface area contributed by atoms with Crippen LogP contribution >= 0.6 is 0 Å². The van der Waals surface area contributed by atoms with Crippen LogP contribution < -0.4 is 0 Å². The Bertz CT molecular complexity index is 274. The molecule has 0 heteroatoms. The maximum atomic E-state index is 3.77. The molecule has 0 aliphatic rings. The van der Waals surface area contributed by atoms with E-state index < -0.39 is 0 Å². The number of unbranched alkanes of at least 4 members (excludes halogenated alkanes) is 16. The Labute approximate surface area is 167 Å². The lowest BCUT2D eigenvalue weighted by Gasteiger charge is -2.03. The van der Waals surface area contributed by atoms with Gasteiger partial charge in [0.1, 0.15) is 0 Å². The summed E-state index contributed by atoms with van der Waals surface area (Å²) in [6, 6.07) is 0. The van der Waals surface area contributed by atoms with Crippen LogP contribution in [-0.4, -0.2) is 0 Å². The molecule has 0 nitrogen and oxygen atoms in total. The Hall–Kier alpha value is -0.780. The van der Waals surface area contributed by atoms with E-state index in [1.165, 1.54) is 109 Å². The van der Waals surface area contributed by atoms with Gasteiger partial charge in [-0.2, -0.15) is 0 Å². The second-order valence-corrected chi connectivity index (χ2v) is 7.47. The van der Waals surface area contributed by atoms with E-state index in [1.54, 1.807) is 0 Å². The smallest absolute Gasteiger partial charge is 0.0172 e. The number of hydrogen-bond donors (Lipinski definition) is 0. The zero-order valence-electron chi connectivity index (χ0n) is 18.5. The lowest BCUT2D eigenvalue weighted by atomic mass is 10.0. The van der Waals surface area contributed by atoms with Gasteiger partial charge in [-0.3, -0.25) is 0 Å². The normalized spacial score (nSPS) is 10.5. The van der Waals surface area contributed by atoms with Gasteiger partial charge in [0, 0.05) is 0 Å². The minimum Gasteiger partial charge on any atom is -0.103 e. The van der Waals surface area contributed by atoms with Crippen LogP contribution in [0.5, 0.6) is 0 Å². The first-order valence-corrected chi connectivity index (χ1v) is 11.7. The summed E-state index contributed by atoms with van der Waals surface area (Å²) in [5.41, 5.74) is 0. The highest BCUT2D eigenvalue weighted by Crippen LogP contribution is 2.13. The van der Waals surface area contributed by atoms with Crippen molar-refractivity contribution in [1.29, 1.82) is 0 Å². The third kappa shape index (κ3) is 31.0. The third-order valence-corrected chi connectivity index (χ3v) is 4.80. The first-order chi connectivity index (χ1) is 12.8. The molecule has 0 bridgehead atoms. The zero-order valence-corrected chi connectivity index (χ0v) is 18.5. The van der Waals surface area contributed by atoms with E-state index in [1.807, 2.05) is 25.2 Å². The molecular formula is C26H50. The molecule has 0 aromatic rings. The van der Waals surface area contributed by atoms with Crippen LogP contribution in [0.25, 0.3) is 0 Å². The van der Waals surface area contributed by atoms with Gasteiger partial charge in [0.25, 0.3) is 0 Å². The van der Waals surface area contributed by atoms with Gasteiger partial charge >= 0.3 is 0 Å². The molecule has 0 heterocycles. The Morgan fingerprint density at radius 3 is 1.19 bits per heavy atom. The molecular weight excluding hydrogens is 312 g/mol. The first kappa shape index (κ1) is 27.4. The summed E-state index contributed by atoms with van der Waals surface area (Å²) in [6.07, 6.45) is 33.4. The Morgan fingerprint density at radius 2 is 0.923 bits per heavy atom. The van der Waals surface area contributed by atoms with Crippen molar-refractivity contribution in [1.82, 2.24) is 0 Å². The topological polar surface area (TPSA) is 0 Å². The highest BCUT2D eigenvalue weighted by Gasteiger charge is 1.94. The average Bonchev–Trinajstić information content (AvgIpc) is 2.66. The largest absolute Gasteiger partial charge is 0.103 e. The lowest BCUT2D eigenvalue weighted by molar-refractivity contribution is 0.530. The summed E-state index contributed by atoms with van der Waals surface area (Å²) in [5, 5.41) is 0. The van der Waals surface area contributed by atoms with E-state index in [4.69, 9.17) is 0 Å². The molecule has 0 unspecified atom stereocenters. The van der Waals surface area contributed by atoms with Crippen molar-refractivity contribution in [2.45, 2.75) is 129 Å². The minimum atomic E-state index is 0.997. The van der Waals surface area contributed by atoms with Crippen LogP contribution in [0, 0.1) is 0 Å². The molecule has 0 saturated carbocycles. The van der Waals surface area contributed by atoms with Gasteiger partial charge in [-0.1, -0.05) is 128 Å². The fraction of sp³-hybridized carbons (Fsp3) is 0.769. The van der Waals surface area contributed by atoms with Crippen LogP contribution in [0.3, 0.4) is 0 Å². The van der Waals surface area contributed by atoms with Crippen LogP contribution in [0.4, 0.5) is 0 Å². The maximum absolute atomic E-state index is 3.77. The van der Waals surface area contributed by atoms with Crippen molar-refractivity contribution in [3.8, 4) is 0 Å². The van der Waals surface area contributed by atoms with Crippen molar-refractivity contribution in [3.05, 3.63) is 37.5 Å². The van der Waals surface area contributed by atoms with E-state index in [0.717, 1.165) is 6.42 Å². The van der Waals surface area contributed by atoms with Crippen molar-refractivity contribution >= 4 is 0 Å². The monoisotopic (exact) mass is 362 g/mol. The molecule has 0 radical (unpaired) electrons. The molecule has 0 rings (SSSR count). The number of allylic oxidation sites excluding steroid dienone is 4. The molecule has 154 valence electrons. The van der Waals surface area contributed by atoms with Gasteiger partial charge in [-0.25, -0.2) is 0 Å². The highest BCUT2D eigenvalue weighted by molar-refractivity contribution is 4.85. The minimum absolute atomic E-state index is 0.997. The molecule has 0 spiro atoms. The van der Waals surface area contributed by atoms with Crippen molar-refractivity contribution in [2.24, 2.45) is 0 Å². The van der Waals surface area contributed by atoms with E-state index in [-0.39, 0.29) is 0 Å². The number of rotatable bonds is 19. The van der Waals surface area contributed by atoms with Gasteiger partial charge in [-0.05, 0) is 26.2 Å². The molecule has 0 aromatic carbocycles. The third-order valence-electron chi connectivity index (χ3n) is 4.80. The zero-order chi connectivity index (χ0) is 19.6. The first-order valence-electron chi connectivity index (χ1n) is 11.7. The quantitative estimate of drug-likeness (QED) is 0.158. The lowest BCUT2D eigenvalue weighted by Crippen LogP contribution is -1.83. The van der Waals surface area contributed by atoms with Crippen LogP contribution in [0.2, 0.25) is 0 Å². The highest BCUT2D eigenvalue weighted by atomic mass is 14.0. The average molecular weight is 363 g/mol. The van der Waals surface area contributed by atoms with E-state index in [2.05, 4.69) is 26.2 Å².